The van der Waals surface area contributed by atoms with Gasteiger partial charge in [0.15, 0.2) is 11.4 Å². The van der Waals surface area contributed by atoms with Gasteiger partial charge in [-0.05, 0) is 25.3 Å². The Kier molecular flexibility index (Phi) is 2.55. The first-order valence-electron chi connectivity index (χ1n) is 4.39. The molecule has 0 aromatic rings. The molecule has 1 atom stereocenters. The highest BCUT2D eigenvalue weighted by molar-refractivity contribution is 6.05. The van der Waals surface area contributed by atoms with E-state index >= 15 is 0 Å². The smallest absolute Gasteiger partial charge is 0.331 e. The molecule has 13 heavy (non-hydrogen) atoms. The molecule has 72 valence electrons. The van der Waals surface area contributed by atoms with Crippen LogP contribution in [0.15, 0.2) is 12.2 Å². The zero-order chi connectivity index (χ0) is 10.1. The molecule has 1 rings (SSSR count). The lowest BCUT2D eigenvalue weighted by molar-refractivity contribution is -0.162. The van der Waals surface area contributed by atoms with Crippen LogP contribution in [0.5, 0.6) is 0 Å². The number of ether oxygens (including phenoxy) is 1. The van der Waals surface area contributed by atoms with Crippen LogP contribution in [0.3, 0.4) is 0 Å². The highest BCUT2D eigenvalue weighted by atomic mass is 16.6. The van der Waals surface area contributed by atoms with Crippen molar-refractivity contribution in [3.8, 4) is 0 Å². The highest BCUT2D eigenvalue weighted by Gasteiger charge is 2.38. The van der Waals surface area contributed by atoms with Gasteiger partial charge in [-0.25, -0.2) is 4.79 Å². The molecule has 1 heterocycles. The quantitative estimate of drug-likeness (QED) is 0.607. The highest BCUT2D eigenvalue weighted by Crippen LogP contribution is 2.25. The van der Waals surface area contributed by atoms with Crippen molar-refractivity contribution in [1.82, 2.24) is 0 Å². The summed E-state index contributed by atoms with van der Waals surface area (Å²) in [6.45, 7) is 5.64. The van der Waals surface area contributed by atoms with E-state index in [4.69, 9.17) is 4.74 Å². The summed E-state index contributed by atoms with van der Waals surface area (Å²) in [5.74, 6) is -0.225. The topological polar surface area (TPSA) is 43.4 Å². The Balaban J connectivity index is 2.83. The average Bonchev–Trinajstić information content (AvgIpc) is 1.95. The summed E-state index contributed by atoms with van der Waals surface area (Å²) >= 11 is 0. The average molecular weight is 182 g/mol. The van der Waals surface area contributed by atoms with Gasteiger partial charge in [0.2, 0.25) is 0 Å². The van der Waals surface area contributed by atoms with E-state index in [1.165, 1.54) is 12.2 Å². The SMILES string of the molecule is CC(C)CC1(C)OC(=O)C=CC1=O. The van der Waals surface area contributed by atoms with E-state index in [1.54, 1.807) is 6.92 Å². The maximum absolute atomic E-state index is 11.4. The van der Waals surface area contributed by atoms with Gasteiger partial charge in [0.25, 0.3) is 0 Å². The van der Waals surface area contributed by atoms with Gasteiger partial charge in [0.1, 0.15) is 0 Å². The van der Waals surface area contributed by atoms with Crippen LogP contribution in [0.4, 0.5) is 0 Å². The van der Waals surface area contributed by atoms with Crippen molar-refractivity contribution in [2.75, 3.05) is 0 Å². The number of rotatable bonds is 2. The summed E-state index contributed by atoms with van der Waals surface area (Å²) in [5, 5.41) is 0. The Morgan fingerprint density at radius 3 is 2.54 bits per heavy atom. The van der Waals surface area contributed by atoms with Gasteiger partial charge in [0, 0.05) is 6.08 Å². The lowest BCUT2D eigenvalue weighted by Gasteiger charge is -2.30. The third kappa shape index (κ3) is 2.17. The number of esters is 1. The molecule has 0 bridgehead atoms. The molecule has 0 N–H and O–H groups in total. The molecule has 0 amide bonds. The van der Waals surface area contributed by atoms with Gasteiger partial charge in [0.05, 0.1) is 0 Å². The fourth-order valence-electron chi connectivity index (χ4n) is 1.55. The molecule has 0 aromatic heterocycles. The van der Waals surface area contributed by atoms with Crippen LogP contribution in [0.25, 0.3) is 0 Å². The first-order valence-corrected chi connectivity index (χ1v) is 4.39. The molecule has 0 saturated carbocycles. The van der Waals surface area contributed by atoms with Crippen molar-refractivity contribution in [2.24, 2.45) is 5.92 Å². The van der Waals surface area contributed by atoms with E-state index in [9.17, 15) is 9.59 Å². The second-order valence-electron chi connectivity index (χ2n) is 3.95. The molecule has 0 fully saturated rings. The van der Waals surface area contributed by atoms with Gasteiger partial charge < -0.3 is 4.74 Å². The zero-order valence-electron chi connectivity index (χ0n) is 8.16. The van der Waals surface area contributed by atoms with Crippen molar-refractivity contribution in [2.45, 2.75) is 32.8 Å². The summed E-state index contributed by atoms with van der Waals surface area (Å²) in [6.07, 6.45) is 3.04. The second-order valence-corrected chi connectivity index (χ2v) is 3.95. The summed E-state index contributed by atoms with van der Waals surface area (Å²) in [6, 6.07) is 0. The normalized spacial score (nSPS) is 28.0. The van der Waals surface area contributed by atoms with E-state index in [0.717, 1.165) is 0 Å². The van der Waals surface area contributed by atoms with Crippen LogP contribution in [-0.4, -0.2) is 17.4 Å². The van der Waals surface area contributed by atoms with E-state index in [0.29, 0.717) is 12.3 Å². The Morgan fingerprint density at radius 2 is 2.00 bits per heavy atom. The first kappa shape index (κ1) is 9.96. The van der Waals surface area contributed by atoms with Gasteiger partial charge in [-0.2, -0.15) is 0 Å². The Hall–Kier alpha value is -1.12. The predicted molar refractivity (Wildman–Crippen MR) is 48.1 cm³/mol. The van der Waals surface area contributed by atoms with Gasteiger partial charge in [-0.1, -0.05) is 13.8 Å². The van der Waals surface area contributed by atoms with E-state index in [1.807, 2.05) is 13.8 Å². The van der Waals surface area contributed by atoms with Crippen molar-refractivity contribution >= 4 is 11.8 Å². The van der Waals surface area contributed by atoms with Gasteiger partial charge in [-0.15, -0.1) is 0 Å². The molecule has 0 radical (unpaired) electrons. The molecule has 1 unspecified atom stereocenters. The van der Waals surface area contributed by atoms with E-state index in [2.05, 4.69) is 0 Å². The van der Waals surface area contributed by atoms with Crippen molar-refractivity contribution < 1.29 is 14.3 Å². The molecule has 1 aliphatic rings. The number of cyclic esters (lactones) is 1. The molecule has 0 saturated heterocycles. The maximum Gasteiger partial charge on any atom is 0.331 e. The van der Waals surface area contributed by atoms with Crippen molar-refractivity contribution in [3.05, 3.63) is 12.2 Å². The third-order valence-electron chi connectivity index (χ3n) is 2.02. The number of hydrogen-bond donors (Lipinski definition) is 0. The minimum atomic E-state index is -0.944. The number of carbonyl (C=O) groups is 2. The molecule has 0 aromatic carbocycles. The second kappa shape index (κ2) is 3.32. The Bertz CT molecular complexity index is 265. The Morgan fingerprint density at radius 1 is 1.38 bits per heavy atom. The number of ketones is 1. The van der Waals surface area contributed by atoms with E-state index < -0.39 is 11.6 Å². The standard InChI is InChI=1S/C10H14O3/c1-7(2)6-10(3)8(11)4-5-9(12)13-10/h4-5,7H,6H2,1-3H3. The van der Waals surface area contributed by atoms with Gasteiger partial charge in [-0.3, -0.25) is 4.79 Å². The lowest BCUT2D eigenvalue weighted by Crippen LogP contribution is -2.42. The summed E-state index contributed by atoms with van der Waals surface area (Å²) in [4.78, 5) is 22.4. The van der Waals surface area contributed by atoms with Crippen molar-refractivity contribution in [3.63, 3.8) is 0 Å². The van der Waals surface area contributed by atoms with Crippen LogP contribution in [0.2, 0.25) is 0 Å². The van der Waals surface area contributed by atoms with Gasteiger partial charge >= 0.3 is 5.97 Å². The van der Waals surface area contributed by atoms with Crippen molar-refractivity contribution in [1.29, 1.82) is 0 Å². The maximum atomic E-state index is 11.4. The molecule has 0 spiro atoms. The third-order valence-corrected chi connectivity index (χ3v) is 2.02. The molecular formula is C10H14O3. The zero-order valence-corrected chi connectivity index (χ0v) is 8.16. The molecule has 0 aliphatic carbocycles. The number of carbonyl (C=O) groups excluding carboxylic acids is 2. The van der Waals surface area contributed by atoms with Crippen LogP contribution in [0.1, 0.15) is 27.2 Å². The summed E-state index contributed by atoms with van der Waals surface area (Å²) < 4.78 is 5.02. The fourth-order valence-corrected chi connectivity index (χ4v) is 1.55. The molecule has 1 aliphatic heterocycles. The van der Waals surface area contributed by atoms with E-state index in [-0.39, 0.29) is 5.78 Å². The molecular weight excluding hydrogens is 168 g/mol. The summed E-state index contributed by atoms with van der Waals surface area (Å²) in [5.41, 5.74) is -0.944. The van der Waals surface area contributed by atoms with Crippen LogP contribution >= 0.6 is 0 Å². The van der Waals surface area contributed by atoms with Crippen LogP contribution in [0, 0.1) is 5.92 Å². The fraction of sp³-hybridized carbons (Fsp3) is 0.600. The van der Waals surface area contributed by atoms with Crippen LogP contribution < -0.4 is 0 Å². The molecule has 3 heteroatoms. The molecule has 3 nitrogen and oxygen atoms in total. The minimum Gasteiger partial charge on any atom is -0.448 e. The predicted octanol–water partition coefficient (Wildman–Crippen LogP) is 1.47. The largest absolute Gasteiger partial charge is 0.448 e. The minimum absolute atomic E-state index is 0.124. The summed E-state index contributed by atoms with van der Waals surface area (Å²) in [7, 11) is 0. The monoisotopic (exact) mass is 182 g/mol. The lowest BCUT2D eigenvalue weighted by atomic mass is 9.88. The number of hydrogen-bond acceptors (Lipinski definition) is 3. The Labute approximate surface area is 77.8 Å². The van der Waals surface area contributed by atoms with Crippen LogP contribution in [-0.2, 0) is 14.3 Å². The first-order chi connectivity index (χ1) is 5.94.